The van der Waals surface area contributed by atoms with Crippen LogP contribution in [-0.2, 0) is 0 Å². The van der Waals surface area contributed by atoms with Crippen LogP contribution in [0, 0.1) is 11.6 Å². The fraction of sp³-hybridized carbons (Fsp3) is 0. The molecule has 0 aliphatic heterocycles. The van der Waals surface area contributed by atoms with E-state index in [0.29, 0.717) is 4.47 Å². The van der Waals surface area contributed by atoms with E-state index in [2.05, 4.69) is 25.9 Å². The van der Waals surface area contributed by atoms with E-state index in [-0.39, 0.29) is 22.5 Å². The minimum atomic E-state index is -1.15. The largest absolute Gasteiger partial charge is 0.434 e. The van der Waals surface area contributed by atoms with Gasteiger partial charge in [-0.3, -0.25) is 0 Å². The van der Waals surface area contributed by atoms with E-state index in [1.54, 1.807) is 0 Å². The first-order chi connectivity index (χ1) is 8.49. The van der Waals surface area contributed by atoms with E-state index in [4.69, 9.17) is 22.1 Å². The van der Waals surface area contributed by atoms with E-state index in [1.807, 2.05) is 0 Å². The quantitative estimate of drug-likeness (QED) is 0.673. The lowest BCUT2D eigenvalue weighted by Crippen LogP contribution is -1.99. The molecule has 1 aromatic heterocycles. The van der Waals surface area contributed by atoms with Crippen LogP contribution in [0.5, 0.6) is 11.6 Å². The molecule has 2 aromatic rings. The molecular formula is C10H5BrClF2N3O. The standard InChI is InChI=1S/C10H5BrClF2N3O/c11-4-1-5(13)7(14)6(2-4)18-10-8(15)9(12)16-3-17-10/h1-3H,15H2. The van der Waals surface area contributed by atoms with Crippen LogP contribution in [0.1, 0.15) is 0 Å². The first kappa shape index (κ1) is 13.0. The van der Waals surface area contributed by atoms with E-state index < -0.39 is 11.6 Å². The van der Waals surface area contributed by atoms with Crippen molar-refractivity contribution in [1.29, 1.82) is 0 Å². The number of benzene rings is 1. The molecule has 1 heterocycles. The number of ether oxygens (including phenoxy) is 1. The van der Waals surface area contributed by atoms with E-state index >= 15 is 0 Å². The second-order valence-corrected chi connectivity index (χ2v) is 4.46. The first-order valence-corrected chi connectivity index (χ1v) is 5.74. The maximum absolute atomic E-state index is 13.5. The summed E-state index contributed by atoms with van der Waals surface area (Å²) < 4.78 is 32.0. The number of anilines is 1. The molecule has 94 valence electrons. The lowest BCUT2D eigenvalue weighted by Gasteiger charge is -2.09. The fourth-order valence-electron chi connectivity index (χ4n) is 1.15. The van der Waals surface area contributed by atoms with Gasteiger partial charge in [-0.25, -0.2) is 9.37 Å². The highest BCUT2D eigenvalue weighted by atomic mass is 79.9. The summed E-state index contributed by atoms with van der Waals surface area (Å²) in [5.41, 5.74) is 5.49. The molecule has 0 fully saturated rings. The number of hydrogen-bond acceptors (Lipinski definition) is 4. The molecule has 1 aromatic carbocycles. The van der Waals surface area contributed by atoms with Crippen LogP contribution in [0.2, 0.25) is 5.15 Å². The van der Waals surface area contributed by atoms with Crippen LogP contribution in [0.3, 0.4) is 0 Å². The van der Waals surface area contributed by atoms with Gasteiger partial charge in [-0.2, -0.15) is 9.37 Å². The molecule has 2 rings (SSSR count). The van der Waals surface area contributed by atoms with Crippen molar-refractivity contribution in [3.63, 3.8) is 0 Å². The molecule has 18 heavy (non-hydrogen) atoms. The third-order valence-electron chi connectivity index (χ3n) is 1.96. The number of nitrogens with two attached hydrogens (primary N) is 1. The molecule has 0 saturated heterocycles. The van der Waals surface area contributed by atoms with Crippen molar-refractivity contribution in [2.45, 2.75) is 0 Å². The van der Waals surface area contributed by atoms with Gasteiger partial charge in [-0.05, 0) is 12.1 Å². The van der Waals surface area contributed by atoms with E-state index in [9.17, 15) is 8.78 Å². The average molecular weight is 337 g/mol. The predicted octanol–water partition coefficient (Wildman–Crippen LogP) is 3.55. The second-order valence-electron chi connectivity index (χ2n) is 3.19. The van der Waals surface area contributed by atoms with Crippen LogP contribution in [-0.4, -0.2) is 9.97 Å². The number of nitrogen functional groups attached to an aromatic ring is 1. The summed E-state index contributed by atoms with van der Waals surface area (Å²) in [5.74, 6) is -2.71. The number of hydrogen-bond donors (Lipinski definition) is 1. The van der Waals surface area contributed by atoms with Crippen LogP contribution < -0.4 is 10.5 Å². The van der Waals surface area contributed by atoms with Crippen molar-refractivity contribution in [2.24, 2.45) is 0 Å². The van der Waals surface area contributed by atoms with Crippen LogP contribution in [0.25, 0.3) is 0 Å². The molecule has 0 aliphatic carbocycles. The van der Waals surface area contributed by atoms with Gasteiger partial charge in [0.05, 0.1) is 0 Å². The molecular weight excluding hydrogens is 331 g/mol. The molecule has 0 amide bonds. The summed E-state index contributed by atoms with van der Waals surface area (Å²) in [6, 6.07) is 2.21. The zero-order chi connectivity index (χ0) is 13.3. The van der Waals surface area contributed by atoms with Crippen LogP contribution in [0.4, 0.5) is 14.5 Å². The summed E-state index contributed by atoms with van der Waals surface area (Å²) >= 11 is 8.67. The van der Waals surface area contributed by atoms with Gasteiger partial charge >= 0.3 is 0 Å². The van der Waals surface area contributed by atoms with Gasteiger partial charge in [0.1, 0.15) is 12.0 Å². The average Bonchev–Trinajstić information content (AvgIpc) is 2.31. The molecule has 0 bridgehead atoms. The SMILES string of the molecule is Nc1c(Cl)ncnc1Oc1cc(Br)cc(F)c1F. The monoisotopic (exact) mass is 335 g/mol. The highest BCUT2D eigenvalue weighted by molar-refractivity contribution is 9.10. The van der Waals surface area contributed by atoms with E-state index in [1.165, 1.54) is 6.07 Å². The topological polar surface area (TPSA) is 61.0 Å². The van der Waals surface area contributed by atoms with Crippen molar-refractivity contribution in [3.05, 3.63) is 39.7 Å². The van der Waals surface area contributed by atoms with Gasteiger partial charge in [-0.15, -0.1) is 0 Å². The zero-order valence-corrected chi connectivity index (χ0v) is 11.0. The van der Waals surface area contributed by atoms with Gasteiger partial charge in [0.25, 0.3) is 0 Å². The van der Waals surface area contributed by atoms with Crippen LogP contribution in [0.15, 0.2) is 22.9 Å². The normalized spacial score (nSPS) is 10.4. The molecule has 0 aliphatic rings. The minimum absolute atomic E-state index is 0.0316. The van der Waals surface area contributed by atoms with Gasteiger partial charge in [0.2, 0.25) is 11.7 Å². The Morgan fingerprint density at radius 2 is 2.00 bits per heavy atom. The number of aromatic nitrogens is 2. The van der Waals surface area contributed by atoms with Gasteiger partial charge in [0, 0.05) is 4.47 Å². The summed E-state index contributed by atoms with van der Waals surface area (Å²) in [7, 11) is 0. The van der Waals surface area contributed by atoms with Crippen molar-refractivity contribution >= 4 is 33.2 Å². The van der Waals surface area contributed by atoms with Crippen molar-refractivity contribution in [2.75, 3.05) is 5.73 Å². The van der Waals surface area contributed by atoms with Gasteiger partial charge < -0.3 is 10.5 Å². The smallest absolute Gasteiger partial charge is 0.247 e. The maximum Gasteiger partial charge on any atom is 0.247 e. The first-order valence-electron chi connectivity index (χ1n) is 4.57. The summed E-state index contributed by atoms with van der Waals surface area (Å²) in [5, 5.41) is -0.0316. The Kier molecular flexibility index (Phi) is 3.63. The molecule has 4 nitrogen and oxygen atoms in total. The molecule has 0 unspecified atom stereocenters. The van der Waals surface area contributed by atoms with Crippen molar-refractivity contribution in [1.82, 2.24) is 9.97 Å². The third-order valence-corrected chi connectivity index (χ3v) is 2.72. The number of nitrogens with zero attached hydrogens (tertiary/aromatic N) is 2. The predicted molar refractivity (Wildman–Crippen MR) is 65.6 cm³/mol. The lowest BCUT2D eigenvalue weighted by molar-refractivity contribution is 0.406. The second kappa shape index (κ2) is 5.03. The molecule has 0 saturated carbocycles. The molecule has 2 N–H and O–H groups in total. The lowest BCUT2D eigenvalue weighted by atomic mass is 10.3. The zero-order valence-electron chi connectivity index (χ0n) is 8.62. The third kappa shape index (κ3) is 2.51. The van der Waals surface area contributed by atoms with Crippen molar-refractivity contribution in [3.8, 4) is 11.6 Å². The Hall–Kier alpha value is -1.47. The van der Waals surface area contributed by atoms with Crippen LogP contribution >= 0.6 is 27.5 Å². The summed E-state index contributed by atoms with van der Waals surface area (Å²) in [6.45, 7) is 0. The highest BCUT2D eigenvalue weighted by Gasteiger charge is 2.15. The summed E-state index contributed by atoms with van der Waals surface area (Å²) in [6.07, 6.45) is 1.10. The Bertz CT molecular complexity index is 612. The highest BCUT2D eigenvalue weighted by Crippen LogP contribution is 2.32. The fourth-order valence-corrected chi connectivity index (χ4v) is 1.68. The molecule has 0 atom stereocenters. The van der Waals surface area contributed by atoms with Crippen molar-refractivity contribution < 1.29 is 13.5 Å². The van der Waals surface area contributed by atoms with Gasteiger partial charge in [0.15, 0.2) is 16.7 Å². The Labute approximate surface area is 114 Å². The molecule has 8 heteroatoms. The summed E-state index contributed by atoms with van der Waals surface area (Å²) in [4.78, 5) is 7.30. The minimum Gasteiger partial charge on any atom is -0.434 e. The Morgan fingerprint density at radius 1 is 1.28 bits per heavy atom. The number of rotatable bonds is 2. The van der Waals surface area contributed by atoms with E-state index in [0.717, 1.165) is 12.4 Å². The molecule has 0 radical (unpaired) electrons. The molecule has 0 spiro atoms. The Morgan fingerprint density at radius 3 is 2.72 bits per heavy atom. The maximum atomic E-state index is 13.5. The number of halogens is 4. The van der Waals surface area contributed by atoms with Gasteiger partial charge in [-0.1, -0.05) is 27.5 Å². The Balaban J connectivity index is 2.43.